The molecule has 0 fully saturated rings. The lowest BCUT2D eigenvalue weighted by atomic mass is 10.1. The monoisotopic (exact) mass is 188 g/mol. The fourth-order valence-electron chi connectivity index (χ4n) is 0.859. The minimum atomic E-state index is 0.0621. The molecule has 0 radical (unpaired) electrons. The smallest absolute Gasteiger partial charge is 0.0614 e. The molecule has 0 bridgehead atoms. The molecule has 0 spiro atoms. The lowest BCUT2D eigenvalue weighted by Crippen LogP contribution is -1.99. The van der Waals surface area contributed by atoms with Gasteiger partial charge in [-0.3, -0.25) is 0 Å². The molecule has 0 aromatic rings. The van der Waals surface area contributed by atoms with Crippen LogP contribution in [0, 0.1) is 0 Å². The molecule has 70 valence electrons. The summed E-state index contributed by atoms with van der Waals surface area (Å²) in [7, 11) is 0. The molecular weight excluding hydrogens is 172 g/mol. The Bertz CT molecular complexity index is 173. The highest BCUT2D eigenvalue weighted by Gasteiger charge is 2.04. The van der Waals surface area contributed by atoms with E-state index < -0.39 is 0 Å². The first kappa shape index (κ1) is 11.7. The van der Waals surface area contributed by atoms with E-state index in [0.717, 1.165) is 18.4 Å². The van der Waals surface area contributed by atoms with Gasteiger partial charge >= 0.3 is 0 Å². The lowest BCUT2D eigenvalue weighted by Gasteiger charge is -2.08. The summed E-state index contributed by atoms with van der Waals surface area (Å²) in [5, 5.41) is 8.65. The largest absolute Gasteiger partial charge is 0.392 e. The van der Waals surface area contributed by atoms with Crippen molar-refractivity contribution in [2.24, 2.45) is 0 Å². The second-order valence-corrected chi connectivity index (χ2v) is 3.61. The Morgan fingerprint density at radius 2 is 2.17 bits per heavy atom. The average molecular weight is 189 g/mol. The van der Waals surface area contributed by atoms with Crippen molar-refractivity contribution in [3.8, 4) is 0 Å². The highest BCUT2D eigenvalue weighted by molar-refractivity contribution is 6.22. The van der Waals surface area contributed by atoms with Gasteiger partial charge in [-0.1, -0.05) is 23.8 Å². The fraction of sp³-hybridized carbons (Fsp3) is 0.600. The molecule has 12 heavy (non-hydrogen) atoms. The van der Waals surface area contributed by atoms with Gasteiger partial charge in [0.1, 0.15) is 0 Å². The standard InChI is InChI=1S/C10H17ClO/c1-8(2)10(11)5-4-9(3)6-7-12/h6,10,12H,1,4-5,7H2,2-3H3/b9-6+/t10-/m0/s1. The highest BCUT2D eigenvalue weighted by atomic mass is 35.5. The predicted molar refractivity (Wildman–Crippen MR) is 54.5 cm³/mol. The van der Waals surface area contributed by atoms with E-state index in [1.165, 1.54) is 5.57 Å². The van der Waals surface area contributed by atoms with E-state index in [4.69, 9.17) is 16.7 Å². The van der Waals surface area contributed by atoms with Crippen molar-refractivity contribution >= 4 is 11.6 Å². The Kier molecular flexibility index (Phi) is 6.13. The van der Waals surface area contributed by atoms with Gasteiger partial charge in [0, 0.05) is 0 Å². The quantitative estimate of drug-likeness (QED) is 0.520. The number of alkyl halides is 1. The van der Waals surface area contributed by atoms with Crippen molar-refractivity contribution in [2.45, 2.75) is 32.1 Å². The van der Waals surface area contributed by atoms with Crippen molar-refractivity contribution in [1.29, 1.82) is 0 Å². The molecule has 0 saturated carbocycles. The Morgan fingerprint density at radius 3 is 2.58 bits per heavy atom. The Hall–Kier alpha value is -0.270. The summed E-state index contributed by atoms with van der Waals surface area (Å²) < 4.78 is 0. The molecule has 0 unspecified atom stereocenters. The molecule has 0 amide bonds. The van der Waals surface area contributed by atoms with E-state index in [9.17, 15) is 0 Å². The highest BCUT2D eigenvalue weighted by Crippen LogP contribution is 2.16. The molecule has 0 rings (SSSR count). The van der Waals surface area contributed by atoms with Crippen LogP contribution in [0.5, 0.6) is 0 Å². The van der Waals surface area contributed by atoms with E-state index in [2.05, 4.69) is 6.58 Å². The van der Waals surface area contributed by atoms with Crippen molar-refractivity contribution in [3.63, 3.8) is 0 Å². The third-order valence-electron chi connectivity index (χ3n) is 1.77. The number of hydrogen-bond acceptors (Lipinski definition) is 1. The SMILES string of the molecule is C=C(C)[C@@H](Cl)CC/C(C)=C/CO. The van der Waals surface area contributed by atoms with Gasteiger partial charge in [0.2, 0.25) is 0 Å². The maximum Gasteiger partial charge on any atom is 0.0614 e. The molecule has 0 aliphatic carbocycles. The zero-order valence-corrected chi connectivity index (χ0v) is 8.56. The lowest BCUT2D eigenvalue weighted by molar-refractivity contribution is 0.341. The third kappa shape index (κ3) is 5.39. The molecule has 1 N–H and O–H groups in total. The maximum atomic E-state index is 8.58. The van der Waals surface area contributed by atoms with Gasteiger partial charge in [-0.25, -0.2) is 0 Å². The second kappa shape index (κ2) is 6.27. The normalized spacial score (nSPS) is 14.5. The number of allylic oxidation sites excluding steroid dienone is 2. The summed E-state index contributed by atoms with van der Waals surface area (Å²) in [4.78, 5) is 0. The number of rotatable bonds is 5. The number of hydrogen-bond donors (Lipinski definition) is 1. The fourth-order valence-corrected chi connectivity index (χ4v) is 0.968. The summed E-state index contributed by atoms with van der Waals surface area (Å²) in [6.45, 7) is 7.83. The summed E-state index contributed by atoms with van der Waals surface area (Å²) >= 11 is 5.97. The maximum absolute atomic E-state index is 8.58. The molecule has 0 saturated heterocycles. The van der Waals surface area contributed by atoms with Crippen molar-refractivity contribution < 1.29 is 5.11 Å². The molecule has 0 aliphatic heterocycles. The third-order valence-corrected chi connectivity index (χ3v) is 2.36. The Labute approximate surface area is 79.7 Å². The summed E-state index contributed by atoms with van der Waals surface area (Å²) in [6.07, 6.45) is 3.64. The summed E-state index contributed by atoms with van der Waals surface area (Å²) in [5.41, 5.74) is 2.19. The van der Waals surface area contributed by atoms with Crippen molar-refractivity contribution in [2.75, 3.05) is 6.61 Å². The zero-order valence-electron chi connectivity index (χ0n) is 7.81. The first-order valence-corrected chi connectivity index (χ1v) is 4.57. The Balaban J connectivity index is 3.68. The van der Waals surface area contributed by atoms with E-state index in [1.807, 2.05) is 19.9 Å². The molecule has 0 aromatic carbocycles. The topological polar surface area (TPSA) is 20.2 Å². The first-order valence-electron chi connectivity index (χ1n) is 4.14. The summed E-state index contributed by atoms with van der Waals surface area (Å²) in [5.74, 6) is 0. The summed E-state index contributed by atoms with van der Waals surface area (Å²) in [6, 6.07) is 0. The zero-order chi connectivity index (χ0) is 9.56. The number of halogens is 1. The van der Waals surface area contributed by atoms with Crippen LogP contribution in [-0.4, -0.2) is 17.1 Å². The van der Waals surface area contributed by atoms with Gasteiger partial charge in [-0.2, -0.15) is 0 Å². The molecule has 1 atom stereocenters. The van der Waals surface area contributed by atoms with Gasteiger partial charge in [0.25, 0.3) is 0 Å². The minimum absolute atomic E-state index is 0.0621. The molecule has 1 nitrogen and oxygen atoms in total. The van der Waals surface area contributed by atoms with Crippen LogP contribution in [-0.2, 0) is 0 Å². The van der Waals surface area contributed by atoms with Gasteiger partial charge in [-0.05, 0) is 26.7 Å². The van der Waals surface area contributed by atoms with E-state index >= 15 is 0 Å². The molecule has 0 aromatic heterocycles. The van der Waals surface area contributed by atoms with Gasteiger partial charge < -0.3 is 5.11 Å². The average Bonchev–Trinajstić information content (AvgIpc) is 2.00. The van der Waals surface area contributed by atoms with Gasteiger partial charge in [0.05, 0.1) is 12.0 Å². The first-order chi connectivity index (χ1) is 5.57. The van der Waals surface area contributed by atoms with Crippen LogP contribution >= 0.6 is 11.6 Å². The molecule has 0 heterocycles. The number of aliphatic hydroxyl groups is 1. The minimum Gasteiger partial charge on any atom is -0.392 e. The molecule has 0 aliphatic rings. The van der Waals surface area contributed by atoms with Gasteiger partial charge in [0.15, 0.2) is 0 Å². The van der Waals surface area contributed by atoms with Crippen molar-refractivity contribution in [1.82, 2.24) is 0 Å². The Morgan fingerprint density at radius 1 is 1.58 bits per heavy atom. The number of aliphatic hydroxyl groups excluding tert-OH is 1. The van der Waals surface area contributed by atoms with Crippen LogP contribution in [0.1, 0.15) is 26.7 Å². The van der Waals surface area contributed by atoms with E-state index in [1.54, 1.807) is 0 Å². The van der Waals surface area contributed by atoms with Crippen LogP contribution in [0.2, 0.25) is 0 Å². The predicted octanol–water partition coefficient (Wildman–Crippen LogP) is 2.89. The van der Waals surface area contributed by atoms with Gasteiger partial charge in [-0.15, -0.1) is 11.6 Å². The van der Waals surface area contributed by atoms with Crippen LogP contribution < -0.4 is 0 Å². The molecular formula is C10H17ClO. The van der Waals surface area contributed by atoms with Crippen LogP contribution in [0.25, 0.3) is 0 Å². The van der Waals surface area contributed by atoms with E-state index in [-0.39, 0.29) is 12.0 Å². The second-order valence-electron chi connectivity index (χ2n) is 3.09. The molecule has 2 heteroatoms. The van der Waals surface area contributed by atoms with Crippen molar-refractivity contribution in [3.05, 3.63) is 23.8 Å². The van der Waals surface area contributed by atoms with Crippen LogP contribution in [0.3, 0.4) is 0 Å². The van der Waals surface area contributed by atoms with E-state index in [0.29, 0.717) is 0 Å². The van der Waals surface area contributed by atoms with Crippen LogP contribution in [0.15, 0.2) is 23.8 Å². The van der Waals surface area contributed by atoms with Crippen LogP contribution in [0.4, 0.5) is 0 Å².